The first-order chi connectivity index (χ1) is 3.80. The van der Waals surface area contributed by atoms with E-state index in [4.69, 9.17) is 0 Å². The third-order valence-corrected chi connectivity index (χ3v) is 0.789. The number of hydrogen-bond acceptors (Lipinski definition) is 4. The van der Waals surface area contributed by atoms with Crippen molar-refractivity contribution in [2.24, 2.45) is 0 Å². The van der Waals surface area contributed by atoms with Gasteiger partial charge in [0, 0.05) is 0 Å². The first-order valence-electron chi connectivity index (χ1n) is 2.13. The van der Waals surface area contributed by atoms with Crippen molar-refractivity contribution < 1.29 is 9.66 Å². The van der Waals surface area contributed by atoms with Gasteiger partial charge in [0.15, 0.2) is 0 Å². The second-order valence-electron chi connectivity index (χ2n) is 1.34. The Hall–Kier alpha value is -0.680. The van der Waals surface area contributed by atoms with Gasteiger partial charge in [0.25, 0.3) is 0 Å². The molecule has 45 valence electrons. The van der Waals surface area contributed by atoms with Crippen LogP contribution in [0.5, 0.6) is 0 Å². The number of nitro groups is 1. The Kier molecular flexibility index (Phi) is 1.40. The van der Waals surface area contributed by atoms with Crippen LogP contribution in [0, 0.1) is 16.7 Å². The van der Waals surface area contributed by atoms with Crippen LogP contribution in [0.4, 0.5) is 0 Å². The standard InChI is InChI=1S/C3H5N2O3/c6-5(7)3-4-1-2-8-3/h1,3-4H,2H2. The third kappa shape index (κ3) is 0.932. The summed E-state index contributed by atoms with van der Waals surface area (Å²) in [6.07, 6.45) is -1.02. The lowest BCUT2D eigenvalue weighted by Crippen LogP contribution is -2.29. The summed E-state index contributed by atoms with van der Waals surface area (Å²) < 4.78 is 4.55. The lowest BCUT2D eigenvalue weighted by atomic mass is 10.7. The first-order valence-corrected chi connectivity index (χ1v) is 2.13. The summed E-state index contributed by atoms with van der Waals surface area (Å²) >= 11 is 0. The molecule has 0 amide bonds. The SMILES string of the molecule is O=[N+]([O-])C1N[CH]CO1. The van der Waals surface area contributed by atoms with Crippen molar-refractivity contribution in [1.82, 2.24) is 5.32 Å². The van der Waals surface area contributed by atoms with Crippen molar-refractivity contribution >= 4 is 0 Å². The Morgan fingerprint density at radius 1 is 2.00 bits per heavy atom. The lowest BCUT2D eigenvalue weighted by Gasteiger charge is -1.96. The Morgan fingerprint density at radius 2 is 2.75 bits per heavy atom. The molecule has 0 aromatic heterocycles. The molecular formula is C3H5N2O3. The van der Waals surface area contributed by atoms with Crippen LogP contribution < -0.4 is 5.32 Å². The molecule has 1 aliphatic rings. The van der Waals surface area contributed by atoms with Crippen molar-refractivity contribution in [2.75, 3.05) is 6.61 Å². The predicted molar refractivity (Wildman–Crippen MR) is 24.2 cm³/mol. The van der Waals surface area contributed by atoms with Gasteiger partial charge in [-0.1, -0.05) is 0 Å². The molecule has 0 saturated carbocycles. The second kappa shape index (κ2) is 2.06. The Morgan fingerprint density at radius 3 is 3.00 bits per heavy atom. The van der Waals surface area contributed by atoms with Crippen LogP contribution >= 0.6 is 0 Å². The zero-order valence-corrected chi connectivity index (χ0v) is 4.03. The van der Waals surface area contributed by atoms with Gasteiger partial charge in [-0.05, 0) is 0 Å². The number of nitrogens with one attached hydrogen (secondary N) is 1. The second-order valence-corrected chi connectivity index (χ2v) is 1.34. The number of ether oxygens (including phenoxy) is 1. The maximum atomic E-state index is 9.80. The lowest BCUT2D eigenvalue weighted by molar-refractivity contribution is -0.574. The van der Waals surface area contributed by atoms with E-state index in [0.29, 0.717) is 6.61 Å². The molecular weight excluding hydrogens is 112 g/mol. The van der Waals surface area contributed by atoms with Crippen molar-refractivity contribution in [3.05, 3.63) is 16.7 Å². The van der Waals surface area contributed by atoms with Crippen molar-refractivity contribution in [1.29, 1.82) is 0 Å². The average molecular weight is 117 g/mol. The Bertz CT molecular complexity index is 98.7. The van der Waals surface area contributed by atoms with E-state index in [2.05, 4.69) is 10.1 Å². The molecule has 0 spiro atoms. The fourth-order valence-corrected chi connectivity index (χ4v) is 0.458. The predicted octanol–water partition coefficient (Wildman–Crippen LogP) is -0.672. The summed E-state index contributed by atoms with van der Waals surface area (Å²) in [6, 6.07) is 0. The minimum absolute atomic E-state index is 0.311. The summed E-state index contributed by atoms with van der Waals surface area (Å²) in [5.41, 5.74) is 0. The molecule has 0 bridgehead atoms. The fraction of sp³-hybridized carbons (Fsp3) is 0.667. The van der Waals surface area contributed by atoms with Gasteiger partial charge in [0.05, 0.1) is 18.1 Å². The molecule has 1 atom stereocenters. The van der Waals surface area contributed by atoms with E-state index in [1.165, 1.54) is 6.54 Å². The van der Waals surface area contributed by atoms with E-state index in [-0.39, 0.29) is 0 Å². The van der Waals surface area contributed by atoms with Gasteiger partial charge in [0.2, 0.25) is 0 Å². The molecule has 1 radical (unpaired) electrons. The van der Waals surface area contributed by atoms with E-state index >= 15 is 0 Å². The maximum absolute atomic E-state index is 9.80. The van der Waals surface area contributed by atoms with Crippen LogP contribution in [0.2, 0.25) is 0 Å². The molecule has 0 aliphatic carbocycles. The van der Waals surface area contributed by atoms with Gasteiger partial charge in [-0.25, -0.2) is 5.32 Å². The van der Waals surface area contributed by atoms with Crippen molar-refractivity contribution in [3.63, 3.8) is 0 Å². The molecule has 1 unspecified atom stereocenters. The average Bonchev–Trinajstić information content (AvgIpc) is 2.12. The van der Waals surface area contributed by atoms with Crippen molar-refractivity contribution in [3.8, 4) is 0 Å². The summed E-state index contributed by atoms with van der Waals surface area (Å²) in [7, 11) is 0. The van der Waals surface area contributed by atoms with E-state index in [9.17, 15) is 10.1 Å². The highest BCUT2D eigenvalue weighted by Gasteiger charge is 2.24. The molecule has 5 nitrogen and oxygen atoms in total. The Labute approximate surface area is 45.8 Å². The molecule has 1 fully saturated rings. The maximum Gasteiger partial charge on any atom is 0.377 e. The minimum Gasteiger partial charge on any atom is -0.302 e. The van der Waals surface area contributed by atoms with E-state index < -0.39 is 11.3 Å². The normalized spacial score (nSPS) is 28.2. The van der Waals surface area contributed by atoms with Gasteiger partial charge < -0.3 is 4.74 Å². The van der Waals surface area contributed by atoms with Gasteiger partial charge in [0.1, 0.15) is 0 Å². The van der Waals surface area contributed by atoms with Crippen LogP contribution in [0.1, 0.15) is 0 Å². The van der Waals surface area contributed by atoms with Crippen LogP contribution in [-0.2, 0) is 4.74 Å². The number of hydrogen-bond donors (Lipinski definition) is 1. The van der Waals surface area contributed by atoms with Gasteiger partial charge in [-0.2, -0.15) is 0 Å². The zero-order chi connectivity index (χ0) is 5.98. The molecule has 1 rings (SSSR count). The molecule has 0 aromatic carbocycles. The number of nitrogens with zero attached hydrogens (tertiary/aromatic N) is 1. The molecule has 8 heavy (non-hydrogen) atoms. The molecule has 1 heterocycles. The largest absolute Gasteiger partial charge is 0.377 e. The molecule has 1 aliphatic heterocycles. The van der Waals surface area contributed by atoms with Crippen LogP contribution in [0.3, 0.4) is 0 Å². The van der Waals surface area contributed by atoms with Crippen LogP contribution in [0.25, 0.3) is 0 Å². The highest BCUT2D eigenvalue weighted by atomic mass is 16.7. The summed E-state index contributed by atoms with van der Waals surface area (Å²) in [5, 5.41) is 12.2. The smallest absolute Gasteiger partial charge is 0.302 e. The summed E-state index contributed by atoms with van der Waals surface area (Å²) in [5.74, 6) is 0. The molecule has 1 saturated heterocycles. The minimum atomic E-state index is -1.02. The van der Waals surface area contributed by atoms with E-state index in [0.717, 1.165) is 0 Å². The van der Waals surface area contributed by atoms with Gasteiger partial charge in [-0.15, -0.1) is 0 Å². The first kappa shape index (κ1) is 5.46. The quantitative estimate of drug-likeness (QED) is 0.365. The van der Waals surface area contributed by atoms with Crippen LogP contribution in [-0.4, -0.2) is 17.9 Å². The highest BCUT2D eigenvalue weighted by molar-refractivity contribution is 4.65. The summed E-state index contributed by atoms with van der Waals surface area (Å²) in [4.78, 5) is 9.28. The zero-order valence-electron chi connectivity index (χ0n) is 4.03. The summed E-state index contributed by atoms with van der Waals surface area (Å²) in [6.45, 7) is 1.82. The van der Waals surface area contributed by atoms with Crippen molar-refractivity contribution in [2.45, 2.75) is 6.35 Å². The van der Waals surface area contributed by atoms with Gasteiger partial charge >= 0.3 is 6.35 Å². The Balaban J connectivity index is 2.35. The van der Waals surface area contributed by atoms with Gasteiger partial charge in [-0.3, -0.25) is 10.1 Å². The topological polar surface area (TPSA) is 64.4 Å². The molecule has 1 N–H and O–H groups in total. The monoisotopic (exact) mass is 117 g/mol. The number of rotatable bonds is 1. The molecule has 0 aromatic rings. The van der Waals surface area contributed by atoms with Crippen LogP contribution in [0.15, 0.2) is 0 Å². The highest BCUT2D eigenvalue weighted by Crippen LogP contribution is 1.96. The fourth-order valence-electron chi connectivity index (χ4n) is 0.458. The third-order valence-electron chi connectivity index (χ3n) is 0.789. The molecule has 5 heteroatoms. The van der Waals surface area contributed by atoms with E-state index in [1.807, 2.05) is 0 Å². The van der Waals surface area contributed by atoms with E-state index in [1.54, 1.807) is 0 Å².